The van der Waals surface area contributed by atoms with E-state index in [1.54, 1.807) is 0 Å². The van der Waals surface area contributed by atoms with E-state index in [0.717, 1.165) is 19.3 Å². The van der Waals surface area contributed by atoms with Crippen molar-refractivity contribution >= 4 is 0 Å². The molecule has 1 aliphatic rings. The molecule has 0 aromatic heterocycles. The molecule has 0 saturated carbocycles. The monoisotopic (exact) mass is 187 g/mol. The topological polar surface area (TPSA) is 35.2 Å². The Kier molecular flexibility index (Phi) is 3.72. The van der Waals surface area contributed by atoms with Crippen LogP contribution in [0.1, 0.15) is 32.6 Å². The summed E-state index contributed by atoms with van der Waals surface area (Å²) >= 11 is 0. The average molecular weight is 187 g/mol. The minimum Gasteiger partial charge on any atom is -0.495 e. The van der Waals surface area contributed by atoms with Gasteiger partial charge in [0.25, 0.3) is 0 Å². The first-order valence-electron chi connectivity index (χ1n) is 4.95. The van der Waals surface area contributed by atoms with E-state index in [0.29, 0.717) is 18.8 Å². The van der Waals surface area contributed by atoms with Crippen LogP contribution in [-0.4, -0.2) is 18.8 Å². The molecule has 0 aliphatic carbocycles. The maximum absolute atomic E-state index is 14.1. The molecular weight excluding hydrogens is 169 g/mol. The van der Waals surface area contributed by atoms with Crippen molar-refractivity contribution in [3.8, 4) is 0 Å². The summed E-state index contributed by atoms with van der Waals surface area (Å²) in [4.78, 5) is 0. The summed E-state index contributed by atoms with van der Waals surface area (Å²) in [6, 6.07) is 0. The van der Waals surface area contributed by atoms with Gasteiger partial charge >= 0.3 is 0 Å². The third-order valence-electron chi connectivity index (χ3n) is 2.35. The maximum atomic E-state index is 14.1. The van der Waals surface area contributed by atoms with Crippen molar-refractivity contribution in [3.05, 3.63) is 11.8 Å². The van der Waals surface area contributed by atoms with Gasteiger partial charge in [0.15, 0.2) is 5.67 Å². The van der Waals surface area contributed by atoms with Gasteiger partial charge in [0.2, 0.25) is 0 Å². The zero-order valence-corrected chi connectivity index (χ0v) is 8.18. The number of alkyl halides is 1. The number of allylic oxidation sites excluding steroid dienone is 1. The Morgan fingerprint density at radius 1 is 1.69 bits per heavy atom. The predicted octanol–water partition coefficient (Wildman–Crippen LogP) is 2.15. The first kappa shape index (κ1) is 10.5. The van der Waals surface area contributed by atoms with Gasteiger partial charge in [-0.2, -0.15) is 0 Å². The number of halogens is 1. The highest BCUT2D eigenvalue weighted by Gasteiger charge is 2.34. The fourth-order valence-electron chi connectivity index (χ4n) is 1.59. The zero-order chi connectivity index (χ0) is 9.73. The molecule has 0 bridgehead atoms. The normalized spacial score (nSPS) is 21.6. The lowest BCUT2D eigenvalue weighted by Crippen LogP contribution is -2.37. The Morgan fingerprint density at radius 2 is 2.46 bits per heavy atom. The smallest absolute Gasteiger partial charge is 0.179 e. The number of hydrogen-bond acceptors (Lipinski definition) is 2. The highest BCUT2D eigenvalue weighted by Crippen LogP contribution is 2.30. The molecule has 13 heavy (non-hydrogen) atoms. The molecule has 1 heterocycles. The standard InChI is InChI=1S/C10H18FNO/c1-2-6-10(11,8-12)9-5-3-4-7-13-9/h5H,2-4,6-8,12H2,1H3. The quantitative estimate of drug-likeness (QED) is 0.732. The molecule has 0 spiro atoms. The number of rotatable bonds is 4. The van der Waals surface area contributed by atoms with Crippen LogP contribution < -0.4 is 5.73 Å². The van der Waals surface area contributed by atoms with Crippen LogP contribution in [0, 0.1) is 0 Å². The molecule has 1 atom stereocenters. The van der Waals surface area contributed by atoms with Gasteiger partial charge in [0, 0.05) is 6.54 Å². The van der Waals surface area contributed by atoms with Crippen molar-refractivity contribution in [1.29, 1.82) is 0 Å². The Hall–Kier alpha value is -0.570. The van der Waals surface area contributed by atoms with E-state index in [-0.39, 0.29) is 6.54 Å². The molecule has 0 saturated heterocycles. The molecule has 1 aliphatic heterocycles. The molecule has 0 aromatic rings. The van der Waals surface area contributed by atoms with Crippen molar-refractivity contribution in [2.75, 3.05) is 13.2 Å². The molecule has 76 valence electrons. The summed E-state index contributed by atoms with van der Waals surface area (Å²) in [6.07, 6.45) is 4.97. The Balaban J connectivity index is 2.68. The van der Waals surface area contributed by atoms with Gasteiger partial charge in [-0.15, -0.1) is 0 Å². The summed E-state index contributed by atoms with van der Waals surface area (Å²) in [5.74, 6) is 0.461. The van der Waals surface area contributed by atoms with E-state index in [1.807, 2.05) is 13.0 Å². The predicted molar refractivity (Wildman–Crippen MR) is 51.1 cm³/mol. The molecule has 2 N–H and O–H groups in total. The van der Waals surface area contributed by atoms with E-state index < -0.39 is 5.67 Å². The zero-order valence-electron chi connectivity index (χ0n) is 8.18. The Morgan fingerprint density at radius 3 is 2.92 bits per heavy atom. The van der Waals surface area contributed by atoms with Crippen LogP contribution >= 0.6 is 0 Å². The number of hydrogen-bond donors (Lipinski definition) is 1. The van der Waals surface area contributed by atoms with Crippen molar-refractivity contribution < 1.29 is 9.13 Å². The van der Waals surface area contributed by atoms with Crippen molar-refractivity contribution in [3.63, 3.8) is 0 Å². The van der Waals surface area contributed by atoms with Gasteiger partial charge in [-0.1, -0.05) is 13.3 Å². The van der Waals surface area contributed by atoms with Crippen LogP contribution in [-0.2, 0) is 4.74 Å². The first-order chi connectivity index (χ1) is 6.23. The highest BCUT2D eigenvalue weighted by atomic mass is 19.1. The van der Waals surface area contributed by atoms with E-state index in [1.165, 1.54) is 0 Å². The van der Waals surface area contributed by atoms with Crippen LogP contribution in [0.3, 0.4) is 0 Å². The summed E-state index contributed by atoms with van der Waals surface area (Å²) in [7, 11) is 0. The van der Waals surface area contributed by atoms with Crippen LogP contribution in [0.25, 0.3) is 0 Å². The molecule has 0 aromatic carbocycles. The Bertz CT molecular complexity index is 193. The lowest BCUT2D eigenvalue weighted by Gasteiger charge is -2.28. The molecule has 2 nitrogen and oxygen atoms in total. The van der Waals surface area contributed by atoms with E-state index in [4.69, 9.17) is 10.5 Å². The minimum absolute atomic E-state index is 0.0205. The minimum atomic E-state index is -1.42. The van der Waals surface area contributed by atoms with E-state index >= 15 is 0 Å². The van der Waals surface area contributed by atoms with Crippen molar-refractivity contribution in [1.82, 2.24) is 0 Å². The van der Waals surface area contributed by atoms with Crippen LogP contribution in [0.5, 0.6) is 0 Å². The third-order valence-corrected chi connectivity index (χ3v) is 2.35. The summed E-state index contributed by atoms with van der Waals surface area (Å²) in [5, 5.41) is 0. The molecule has 1 rings (SSSR count). The number of ether oxygens (including phenoxy) is 1. The summed E-state index contributed by atoms with van der Waals surface area (Å²) < 4.78 is 19.4. The van der Waals surface area contributed by atoms with Crippen LogP contribution in [0.2, 0.25) is 0 Å². The number of nitrogens with two attached hydrogens (primary N) is 1. The second-order valence-electron chi connectivity index (χ2n) is 3.48. The average Bonchev–Trinajstić information content (AvgIpc) is 2.19. The fourth-order valence-corrected chi connectivity index (χ4v) is 1.59. The van der Waals surface area contributed by atoms with Gasteiger partial charge in [-0.3, -0.25) is 0 Å². The van der Waals surface area contributed by atoms with Crippen molar-refractivity contribution in [2.24, 2.45) is 5.73 Å². The molecule has 0 radical (unpaired) electrons. The summed E-state index contributed by atoms with van der Waals surface area (Å²) in [5.41, 5.74) is 4.01. The SMILES string of the molecule is CCCC(F)(CN)C1=CCCCO1. The molecular formula is C10H18FNO. The molecule has 0 amide bonds. The van der Waals surface area contributed by atoms with Crippen LogP contribution in [0.15, 0.2) is 11.8 Å². The van der Waals surface area contributed by atoms with Gasteiger partial charge < -0.3 is 10.5 Å². The Labute approximate surface area is 78.9 Å². The summed E-state index contributed by atoms with van der Waals surface area (Å²) in [6.45, 7) is 2.60. The van der Waals surface area contributed by atoms with Crippen LogP contribution in [0.4, 0.5) is 4.39 Å². The van der Waals surface area contributed by atoms with Gasteiger partial charge in [0.1, 0.15) is 5.76 Å². The molecule has 3 heteroatoms. The lowest BCUT2D eigenvalue weighted by atomic mass is 9.96. The second-order valence-corrected chi connectivity index (χ2v) is 3.48. The van der Waals surface area contributed by atoms with Gasteiger partial charge in [-0.05, 0) is 25.3 Å². The second kappa shape index (κ2) is 4.61. The fraction of sp³-hybridized carbons (Fsp3) is 0.800. The van der Waals surface area contributed by atoms with E-state index in [9.17, 15) is 4.39 Å². The lowest BCUT2D eigenvalue weighted by molar-refractivity contribution is 0.0733. The van der Waals surface area contributed by atoms with E-state index in [2.05, 4.69) is 0 Å². The third kappa shape index (κ3) is 2.44. The maximum Gasteiger partial charge on any atom is 0.179 e. The first-order valence-corrected chi connectivity index (χ1v) is 4.95. The molecule has 1 unspecified atom stereocenters. The van der Waals surface area contributed by atoms with Gasteiger partial charge in [0.05, 0.1) is 6.61 Å². The molecule has 0 fully saturated rings. The highest BCUT2D eigenvalue weighted by molar-refractivity contribution is 5.12. The van der Waals surface area contributed by atoms with Crippen molar-refractivity contribution in [2.45, 2.75) is 38.3 Å². The van der Waals surface area contributed by atoms with Gasteiger partial charge in [-0.25, -0.2) is 4.39 Å². The largest absolute Gasteiger partial charge is 0.495 e.